The molecule has 1 unspecified atom stereocenters. The summed E-state index contributed by atoms with van der Waals surface area (Å²) in [5.74, 6) is 0.632. The fourth-order valence-corrected chi connectivity index (χ4v) is 2.96. The van der Waals surface area contributed by atoms with E-state index in [-0.39, 0.29) is 0 Å². The summed E-state index contributed by atoms with van der Waals surface area (Å²) < 4.78 is 1.15. The molecule has 0 fully saturated rings. The first-order chi connectivity index (χ1) is 10.2. The molecule has 0 aliphatic rings. The molecule has 0 aliphatic heterocycles. The molecule has 1 nitrogen and oxygen atoms in total. The first-order valence-corrected chi connectivity index (χ1v) is 8.47. The molecule has 1 N–H and O–H groups in total. The number of aryl methyl sites for hydroxylation is 1. The number of hydrogen-bond donors (Lipinski definition) is 1. The number of benzene rings is 2. The minimum atomic E-state index is 0.632. The molecule has 0 saturated heterocycles. The number of nitrogens with one attached hydrogen (secondary N) is 1. The lowest BCUT2D eigenvalue weighted by molar-refractivity contribution is 0.478. The maximum absolute atomic E-state index is 3.51. The third-order valence-corrected chi connectivity index (χ3v) is 4.26. The van der Waals surface area contributed by atoms with E-state index in [4.69, 9.17) is 0 Å². The molecular weight excluding hydrogens is 322 g/mol. The minimum absolute atomic E-state index is 0.632. The lowest BCUT2D eigenvalue weighted by Crippen LogP contribution is -2.25. The van der Waals surface area contributed by atoms with Crippen molar-refractivity contribution in [2.45, 2.75) is 26.7 Å². The molecule has 0 radical (unpaired) electrons. The van der Waals surface area contributed by atoms with Gasteiger partial charge in [-0.3, -0.25) is 0 Å². The predicted molar refractivity (Wildman–Crippen MR) is 94.8 cm³/mol. The van der Waals surface area contributed by atoms with E-state index < -0.39 is 0 Å². The van der Waals surface area contributed by atoms with Crippen molar-refractivity contribution < 1.29 is 0 Å². The Balaban J connectivity index is 2.04. The molecule has 1 atom stereocenters. The highest BCUT2D eigenvalue weighted by atomic mass is 79.9. The molecule has 2 heteroatoms. The van der Waals surface area contributed by atoms with Crippen LogP contribution in [0, 0.1) is 12.8 Å². The second-order valence-electron chi connectivity index (χ2n) is 5.70. The van der Waals surface area contributed by atoms with Crippen molar-refractivity contribution >= 4 is 15.9 Å². The molecule has 2 aromatic rings. The zero-order valence-corrected chi connectivity index (χ0v) is 14.5. The predicted octanol–water partition coefficient (Wildman–Crippen LogP) is 4.77. The summed E-state index contributed by atoms with van der Waals surface area (Å²) in [6.07, 6.45) is 2.25. The standard InChI is InChI=1S/C19H24BrN/c1-3-21-14-18(12-16-7-9-19(20)10-8-16)13-17-6-4-5-15(2)11-17/h4-11,18,21H,3,12-14H2,1-2H3. The summed E-state index contributed by atoms with van der Waals surface area (Å²) in [4.78, 5) is 0. The van der Waals surface area contributed by atoms with Crippen LogP contribution < -0.4 is 5.32 Å². The molecule has 0 bridgehead atoms. The number of rotatable bonds is 7. The molecule has 0 aliphatic carbocycles. The smallest absolute Gasteiger partial charge is 0.0175 e. The first-order valence-electron chi connectivity index (χ1n) is 7.68. The van der Waals surface area contributed by atoms with Gasteiger partial charge in [0.05, 0.1) is 0 Å². The van der Waals surface area contributed by atoms with Gasteiger partial charge in [-0.25, -0.2) is 0 Å². The van der Waals surface area contributed by atoms with E-state index in [2.05, 4.69) is 83.6 Å². The molecule has 0 saturated carbocycles. The quantitative estimate of drug-likeness (QED) is 0.762. The Hall–Kier alpha value is -1.12. The monoisotopic (exact) mass is 345 g/mol. The Labute approximate surface area is 136 Å². The maximum atomic E-state index is 3.51. The second-order valence-corrected chi connectivity index (χ2v) is 6.61. The molecule has 21 heavy (non-hydrogen) atoms. The summed E-state index contributed by atoms with van der Waals surface area (Å²) in [6.45, 7) is 6.44. The van der Waals surface area contributed by atoms with Gasteiger partial charge < -0.3 is 5.32 Å². The molecule has 0 spiro atoms. The van der Waals surface area contributed by atoms with Gasteiger partial charge in [0.15, 0.2) is 0 Å². The fourth-order valence-electron chi connectivity index (χ4n) is 2.69. The van der Waals surface area contributed by atoms with Gasteiger partial charge in [0.25, 0.3) is 0 Å². The first kappa shape index (κ1) is 16.3. The summed E-state index contributed by atoms with van der Waals surface area (Å²) in [5, 5.41) is 3.51. The van der Waals surface area contributed by atoms with E-state index in [1.165, 1.54) is 16.7 Å². The van der Waals surface area contributed by atoms with E-state index in [0.717, 1.165) is 30.4 Å². The topological polar surface area (TPSA) is 12.0 Å². The molecule has 2 rings (SSSR count). The Morgan fingerprint density at radius 2 is 1.71 bits per heavy atom. The third kappa shape index (κ3) is 5.64. The van der Waals surface area contributed by atoms with E-state index in [0.29, 0.717) is 5.92 Å². The van der Waals surface area contributed by atoms with Crippen LogP contribution in [0.25, 0.3) is 0 Å². The van der Waals surface area contributed by atoms with Gasteiger partial charge >= 0.3 is 0 Å². The van der Waals surface area contributed by atoms with Crippen LogP contribution in [0.2, 0.25) is 0 Å². The fraction of sp³-hybridized carbons (Fsp3) is 0.368. The molecular formula is C19H24BrN. The number of hydrogen-bond acceptors (Lipinski definition) is 1. The largest absolute Gasteiger partial charge is 0.317 e. The van der Waals surface area contributed by atoms with Crippen LogP contribution in [-0.2, 0) is 12.8 Å². The summed E-state index contributed by atoms with van der Waals surface area (Å²) >= 11 is 3.50. The molecule has 0 heterocycles. The van der Waals surface area contributed by atoms with Crippen LogP contribution in [0.1, 0.15) is 23.6 Å². The Morgan fingerprint density at radius 3 is 2.38 bits per heavy atom. The van der Waals surface area contributed by atoms with Crippen molar-refractivity contribution in [1.82, 2.24) is 5.32 Å². The lowest BCUT2D eigenvalue weighted by atomic mass is 9.92. The Kier molecular flexibility index (Phi) is 6.47. The van der Waals surface area contributed by atoms with Gasteiger partial charge in [0.2, 0.25) is 0 Å². The Morgan fingerprint density at radius 1 is 1.00 bits per heavy atom. The maximum Gasteiger partial charge on any atom is 0.0175 e. The van der Waals surface area contributed by atoms with Crippen LogP contribution >= 0.6 is 15.9 Å². The molecule has 0 amide bonds. The summed E-state index contributed by atoms with van der Waals surface area (Å²) in [6, 6.07) is 17.6. The van der Waals surface area contributed by atoms with Crippen molar-refractivity contribution in [2.24, 2.45) is 5.92 Å². The SMILES string of the molecule is CCNCC(Cc1ccc(Br)cc1)Cc1cccc(C)c1. The van der Waals surface area contributed by atoms with E-state index in [1.54, 1.807) is 0 Å². The lowest BCUT2D eigenvalue weighted by Gasteiger charge is -2.18. The average molecular weight is 346 g/mol. The van der Waals surface area contributed by atoms with Crippen LogP contribution in [0.5, 0.6) is 0 Å². The van der Waals surface area contributed by atoms with E-state index in [9.17, 15) is 0 Å². The normalized spacial score (nSPS) is 12.3. The van der Waals surface area contributed by atoms with E-state index >= 15 is 0 Å². The van der Waals surface area contributed by atoms with Crippen molar-refractivity contribution in [1.29, 1.82) is 0 Å². The van der Waals surface area contributed by atoms with Crippen molar-refractivity contribution in [3.05, 3.63) is 69.7 Å². The van der Waals surface area contributed by atoms with Gasteiger partial charge in [-0.1, -0.05) is 64.8 Å². The van der Waals surface area contributed by atoms with Gasteiger partial charge in [0, 0.05) is 4.47 Å². The van der Waals surface area contributed by atoms with Gasteiger partial charge in [-0.2, -0.15) is 0 Å². The highest BCUT2D eigenvalue weighted by Crippen LogP contribution is 2.17. The van der Waals surface area contributed by atoms with E-state index in [1.807, 2.05) is 0 Å². The molecule has 0 aromatic heterocycles. The van der Waals surface area contributed by atoms with Gasteiger partial charge in [-0.15, -0.1) is 0 Å². The zero-order chi connectivity index (χ0) is 15.1. The highest BCUT2D eigenvalue weighted by Gasteiger charge is 2.11. The van der Waals surface area contributed by atoms with Crippen LogP contribution in [0.3, 0.4) is 0 Å². The minimum Gasteiger partial charge on any atom is -0.317 e. The highest BCUT2D eigenvalue weighted by molar-refractivity contribution is 9.10. The van der Waals surface area contributed by atoms with Crippen LogP contribution in [0.4, 0.5) is 0 Å². The van der Waals surface area contributed by atoms with Crippen molar-refractivity contribution in [3.63, 3.8) is 0 Å². The zero-order valence-electron chi connectivity index (χ0n) is 12.9. The van der Waals surface area contributed by atoms with Gasteiger partial charge in [-0.05, 0) is 62.0 Å². The molecule has 2 aromatic carbocycles. The van der Waals surface area contributed by atoms with Crippen LogP contribution in [-0.4, -0.2) is 13.1 Å². The number of halogens is 1. The Bertz CT molecular complexity index is 548. The molecule has 112 valence electrons. The second kappa shape index (κ2) is 8.35. The summed E-state index contributed by atoms with van der Waals surface area (Å²) in [5.41, 5.74) is 4.20. The van der Waals surface area contributed by atoms with Crippen LogP contribution in [0.15, 0.2) is 53.0 Å². The van der Waals surface area contributed by atoms with Crippen molar-refractivity contribution in [3.8, 4) is 0 Å². The van der Waals surface area contributed by atoms with Crippen molar-refractivity contribution in [2.75, 3.05) is 13.1 Å². The van der Waals surface area contributed by atoms with Gasteiger partial charge in [0.1, 0.15) is 0 Å². The third-order valence-electron chi connectivity index (χ3n) is 3.73. The average Bonchev–Trinajstić information content (AvgIpc) is 2.47. The summed E-state index contributed by atoms with van der Waals surface area (Å²) in [7, 11) is 0.